The monoisotopic (exact) mass is 350 g/mol. The molecule has 0 radical (unpaired) electrons. The van der Waals surface area contributed by atoms with Crippen molar-refractivity contribution in [1.29, 1.82) is 0 Å². The van der Waals surface area contributed by atoms with Crippen LogP contribution in [0.3, 0.4) is 0 Å². The summed E-state index contributed by atoms with van der Waals surface area (Å²) < 4.78 is 37.5. The van der Waals surface area contributed by atoms with E-state index in [1.54, 1.807) is 24.5 Å². The highest BCUT2D eigenvalue weighted by Crippen LogP contribution is 2.17. The van der Waals surface area contributed by atoms with Crippen molar-refractivity contribution in [2.24, 2.45) is 5.10 Å². The first-order valence-electron chi connectivity index (χ1n) is 6.81. The van der Waals surface area contributed by atoms with E-state index in [9.17, 15) is 17.6 Å². The normalized spacial score (nSPS) is 11.4. The van der Waals surface area contributed by atoms with Gasteiger partial charge in [-0.25, -0.2) is 18.2 Å². The predicted octanol–water partition coefficient (Wildman–Crippen LogP) is 1.14. The fraction of sp³-hybridized carbons (Fsp3) is 0.133. The third-order valence-electron chi connectivity index (χ3n) is 2.91. The second-order valence-corrected chi connectivity index (χ2v) is 6.73. The molecule has 1 heterocycles. The maximum atomic E-state index is 13.0. The van der Waals surface area contributed by atoms with Crippen LogP contribution >= 0.6 is 0 Å². The number of pyridine rings is 1. The smallest absolute Gasteiger partial charge is 0.260 e. The predicted molar refractivity (Wildman–Crippen MR) is 88.6 cm³/mol. The largest absolute Gasteiger partial charge is 0.271 e. The molecule has 0 saturated heterocycles. The summed E-state index contributed by atoms with van der Waals surface area (Å²) in [6, 6.07) is 8.18. The van der Waals surface area contributed by atoms with Crippen LogP contribution in [0.1, 0.15) is 5.56 Å². The fourth-order valence-corrected chi connectivity index (χ4v) is 2.66. The standard InChI is InChI=1S/C15H15FN4O3S/c1-24(22,23)20(14-4-2-13(16)3-5-14)11-15(21)19-18-10-12-6-8-17-9-7-12/h2-10H,11H2,1H3,(H,19,21)/b18-10-. The third-order valence-corrected chi connectivity index (χ3v) is 4.05. The summed E-state index contributed by atoms with van der Waals surface area (Å²) in [6.45, 7) is -0.474. The molecule has 7 nitrogen and oxygen atoms in total. The van der Waals surface area contributed by atoms with Gasteiger partial charge in [0, 0.05) is 12.4 Å². The molecule has 0 aliphatic heterocycles. The number of hydrogen-bond acceptors (Lipinski definition) is 5. The van der Waals surface area contributed by atoms with E-state index in [1.807, 2.05) is 0 Å². The van der Waals surface area contributed by atoms with E-state index in [2.05, 4.69) is 15.5 Å². The van der Waals surface area contributed by atoms with Gasteiger partial charge in [0.15, 0.2) is 0 Å². The Hall–Kier alpha value is -2.81. The van der Waals surface area contributed by atoms with Crippen LogP contribution < -0.4 is 9.73 Å². The molecule has 0 unspecified atom stereocenters. The lowest BCUT2D eigenvalue weighted by Gasteiger charge is -2.21. The summed E-state index contributed by atoms with van der Waals surface area (Å²) in [5.41, 5.74) is 3.16. The van der Waals surface area contributed by atoms with Gasteiger partial charge in [-0.2, -0.15) is 5.10 Å². The Labute approximate surface area is 138 Å². The van der Waals surface area contributed by atoms with Gasteiger partial charge in [-0.1, -0.05) is 0 Å². The Kier molecular flexibility index (Phi) is 5.59. The van der Waals surface area contributed by atoms with Gasteiger partial charge in [-0.3, -0.25) is 14.1 Å². The van der Waals surface area contributed by atoms with E-state index in [1.165, 1.54) is 18.3 Å². The molecule has 2 aromatic rings. The van der Waals surface area contributed by atoms with Crippen molar-refractivity contribution in [2.45, 2.75) is 0 Å². The second kappa shape index (κ2) is 7.64. The molecule has 1 N–H and O–H groups in total. The molecule has 24 heavy (non-hydrogen) atoms. The molecule has 1 aromatic carbocycles. The van der Waals surface area contributed by atoms with Crippen LogP contribution in [0.4, 0.5) is 10.1 Å². The Bertz CT molecular complexity index is 824. The highest BCUT2D eigenvalue weighted by Gasteiger charge is 2.20. The van der Waals surface area contributed by atoms with Crippen LogP contribution in [-0.2, 0) is 14.8 Å². The van der Waals surface area contributed by atoms with Crippen LogP contribution in [0.15, 0.2) is 53.9 Å². The first-order valence-corrected chi connectivity index (χ1v) is 8.66. The highest BCUT2D eigenvalue weighted by atomic mass is 32.2. The van der Waals surface area contributed by atoms with Crippen LogP contribution in [-0.4, -0.2) is 38.3 Å². The summed E-state index contributed by atoms with van der Waals surface area (Å²) in [6.07, 6.45) is 5.51. The van der Waals surface area contributed by atoms with Crippen LogP contribution in [0.2, 0.25) is 0 Å². The molecule has 0 atom stereocenters. The Morgan fingerprint density at radius 2 is 1.88 bits per heavy atom. The lowest BCUT2D eigenvalue weighted by molar-refractivity contribution is -0.119. The van der Waals surface area contributed by atoms with Gasteiger partial charge in [0.25, 0.3) is 5.91 Å². The number of hydrogen-bond donors (Lipinski definition) is 1. The highest BCUT2D eigenvalue weighted by molar-refractivity contribution is 7.92. The SMILES string of the molecule is CS(=O)(=O)N(CC(=O)N/N=C\c1ccncc1)c1ccc(F)cc1. The van der Waals surface area contributed by atoms with E-state index in [4.69, 9.17) is 0 Å². The Balaban J connectivity index is 2.05. The molecule has 9 heteroatoms. The van der Waals surface area contributed by atoms with Crippen LogP contribution in [0.5, 0.6) is 0 Å². The maximum Gasteiger partial charge on any atom is 0.260 e. The quantitative estimate of drug-likeness (QED) is 0.625. The zero-order valence-electron chi connectivity index (χ0n) is 12.8. The molecule has 1 amide bonds. The molecule has 2 rings (SSSR count). The molecule has 126 valence electrons. The molecule has 0 spiro atoms. The van der Waals surface area contributed by atoms with Crippen LogP contribution in [0.25, 0.3) is 0 Å². The minimum absolute atomic E-state index is 0.187. The number of hydrazone groups is 1. The van der Waals surface area contributed by atoms with Gasteiger partial charge in [0.2, 0.25) is 10.0 Å². The summed E-state index contributed by atoms with van der Waals surface area (Å²) >= 11 is 0. The fourth-order valence-electron chi connectivity index (χ4n) is 1.80. The Morgan fingerprint density at radius 3 is 2.46 bits per heavy atom. The molecule has 0 aliphatic carbocycles. The van der Waals surface area contributed by atoms with Crippen molar-refractivity contribution in [3.8, 4) is 0 Å². The number of aromatic nitrogens is 1. The Morgan fingerprint density at radius 1 is 1.25 bits per heavy atom. The number of amides is 1. The number of benzene rings is 1. The average Bonchev–Trinajstić information content (AvgIpc) is 2.54. The van der Waals surface area contributed by atoms with Gasteiger partial charge in [0.05, 0.1) is 18.2 Å². The summed E-state index contributed by atoms with van der Waals surface area (Å²) in [7, 11) is -3.71. The number of rotatable bonds is 6. The lowest BCUT2D eigenvalue weighted by atomic mass is 10.3. The molecule has 0 aliphatic rings. The number of nitrogens with zero attached hydrogens (tertiary/aromatic N) is 3. The van der Waals surface area contributed by atoms with Crippen LogP contribution in [0, 0.1) is 5.82 Å². The molecule has 0 bridgehead atoms. The van der Waals surface area contributed by atoms with E-state index < -0.39 is 28.3 Å². The third kappa shape index (κ3) is 5.13. The van der Waals surface area contributed by atoms with Gasteiger partial charge in [-0.15, -0.1) is 0 Å². The van der Waals surface area contributed by atoms with Crippen molar-refractivity contribution in [3.63, 3.8) is 0 Å². The van der Waals surface area contributed by atoms with Gasteiger partial charge in [0.1, 0.15) is 12.4 Å². The first-order chi connectivity index (χ1) is 11.4. The van der Waals surface area contributed by atoms with Gasteiger partial charge in [-0.05, 0) is 42.0 Å². The number of anilines is 1. The number of nitrogens with one attached hydrogen (secondary N) is 1. The van der Waals surface area contributed by atoms with E-state index in [0.717, 1.165) is 28.3 Å². The maximum absolute atomic E-state index is 13.0. The van der Waals surface area contributed by atoms with Crippen molar-refractivity contribution in [2.75, 3.05) is 17.1 Å². The van der Waals surface area contributed by atoms with Crippen molar-refractivity contribution < 1.29 is 17.6 Å². The molecular formula is C15H15FN4O3S. The number of carbonyl (C=O) groups is 1. The minimum atomic E-state index is -3.71. The molecular weight excluding hydrogens is 335 g/mol. The first kappa shape index (κ1) is 17.5. The van der Waals surface area contributed by atoms with Crippen molar-refractivity contribution in [1.82, 2.24) is 10.4 Å². The summed E-state index contributed by atoms with van der Waals surface area (Å²) in [5, 5.41) is 3.75. The number of sulfonamides is 1. The minimum Gasteiger partial charge on any atom is -0.271 e. The zero-order chi connectivity index (χ0) is 17.6. The average molecular weight is 350 g/mol. The molecule has 1 aromatic heterocycles. The lowest BCUT2D eigenvalue weighted by Crippen LogP contribution is -2.39. The summed E-state index contributed by atoms with van der Waals surface area (Å²) in [5.74, 6) is -1.13. The zero-order valence-corrected chi connectivity index (χ0v) is 13.6. The summed E-state index contributed by atoms with van der Waals surface area (Å²) in [4.78, 5) is 15.8. The number of carbonyl (C=O) groups excluding carboxylic acids is 1. The number of halogens is 1. The van der Waals surface area contributed by atoms with Gasteiger partial charge < -0.3 is 0 Å². The van der Waals surface area contributed by atoms with E-state index >= 15 is 0 Å². The van der Waals surface area contributed by atoms with E-state index in [-0.39, 0.29) is 5.69 Å². The van der Waals surface area contributed by atoms with E-state index in [0.29, 0.717) is 0 Å². The second-order valence-electron chi connectivity index (χ2n) is 4.82. The topological polar surface area (TPSA) is 91.7 Å². The molecule has 0 fully saturated rings. The van der Waals surface area contributed by atoms with Crippen molar-refractivity contribution >= 4 is 27.8 Å². The van der Waals surface area contributed by atoms with Crippen molar-refractivity contribution in [3.05, 3.63) is 60.2 Å². The molecule has 0 saturated carbocycles. The van der Waals surface area contributed by atoms with Gasteiger partial charge >= 0.3 is 0 Å².